The van der Waals surface area contributed by atoms with Crippen molar-refractivity contribution in [3.8, 4) is 11.8 Å². The standard InChI is InChI=1S/C26H19F7N4O3S/c1-41(39,40)36-23-11-7-18(34-35-23)3-2-12-37-22-10-6-17(27)13-15(22)4-8-20(24(37)38)19-9-5-16(25(28,29)30)14-21(19)26(31,32)33/h5-7,9-11,13-14,20H,4,8,12H2,1H3,(H,35,36). The van der Waals surface area contributed by atoms with Crippen LogP contribution in [0.3, 0.4) is 0 Å². The summed E-state index contributed by atoms with van der Waals surface area (Å²) >= 11 is 0. The molecule has 1 aliphatic rings. The summed E-state index contributed by atoms with van der Waals surface area (Å²) in [7, 11) is -3.60. The molecule has 1 N–H and O–H groups in total. The molecule has 0 aliphatic carbocycles. The maximum absolute atomic E-state index is 14.0. The van der Waals surface area contributed by atoms with Crippen LogP contribution in [0.4, 0.5) is 42.2 Å². The third-order valence-electron chi connectivity index (χ3n) is 6.07. The van der Waals surface area contributed by atoms with Crippen molar-refractivity contribution in [2.24, 2.45) is 0 Å². The highest BCUT2D eigenvalue weighted by atomic mass is 32.2. The number of fused-ring (bicyclic) bond motifs is 1. The molecule has 0 spiro atoms. The lowest BCUT2D eigenvalue weighted by molar-refractivity contribution is -0.143. The summed E-state index contributed by atoms with van der Waals surface area (Å²) in [5.74, 6) is 2.16. The summed E-state index contributed by atoms with van der Waals surface area (Å²) in [6.45, 7) is -0.388. The molecule has 41 heavy (non-hydrogen) atoms. The van der Waals surface area contributed by atoms with Crippen LogP contribution in [0.25, 0.3) is 0 Å². The van der Waals surface area contributed by atoms with Crippen LogP contribution in [-0.4, -0.2) is 37.3 Å². The van der Waals surface area contributed by atoms with Gasteiger partial charge in [0, 0.05) is 5.69 Å². The zero-order chi connectivity index (χ0) is 30.2. The van der Waals surface area contributed by atoms with Gasteiger partial charge in [-0.3, -0.25) is 14.4 Å². The van der Waals surface area contributed by atoms with Gasteiger partial charge in [-0.25, -0.2) is 12.8 Å². The Morgan fingerprint density at radius 3 is 2.34 bits per heavy atom. The second-order valence-corrected chi connectivity index (χ2v) is 10.8. The number of nitrogens with one attached hydrogen (secondary N) is 1. The number of amides is 1. The molecule has 1 atom stereocenters. The van der Waals surface area contributed by atoms with E-state index in [4.69, 9.17) is 0 Å². The number of carbonyl (C=O) groups is 1. The second-order valence-electron chi connectivity index (χ2n) is 9.07. The van der Waals surface area contributed by atoms with Crippen molar-refractivity contribution in [3.05, 3.63) is 82.3 Å². The topological polar surface area (TPSA) is 92.3 Å². The molecule has 15 heteroatoms. The van der Waals surface area contributed by atoms with Gasteiger partial charge in [0.1, 0.15) is 11.5 Å². The number of hydrogen-bond donors (Lipinski definition) is 1. The first-order valence-electron chi connectivity index (χ1n) is 11.7. The number of rotatable bonds is 4. The highest BCUT2D eigenvalue weighted by Crippen LogP contribution is 2.42. The number of sulfonamides is 1. The van der Waals surface area contributed by atoms with Crippen LogP contribution in [0.1, 0.15) is 40.3 Å². The Balaban J connectivity index is 1.71. The van der Waals surface area contributed by atoms with Gasteiger partial charge in [0.2, 0.25) is 15.9 Å². The summed E-state index contributed by atoms with van der Waals surface area (Å²) in [5.41, 5.74) is -3.18. The Morgan fingerprint density at radius 1 is 1.00 bits per heavy atom. The minimum Gasteiger partial charge on any atom is -0.300 e. The highest BCUT2D eigenvalue weighted by Gasteiger charge is 2.42. The Morgan fingerprint density at radius 2 is 1.73 bits per heavy atom. The maximum Gasteiger partial charge on any atom is 0.416 e. The van der Waals surface area contributed by atoms with Gasteiger partial charge in [-0.05, 0) is 72.4 Å². The average molecular weight is 601 g/mol. The first kappa shape index (κ1) is 29.8. The number of anilines is 2. The summed E-state index contributed by atoms with van der Waals surface area (Å²) in [6.07, 6.45) is -9.58. The molecular formula is C26H19F7N4O3S. The lowest BCUT2D eigenvalue weighted by Gasteiger charge is -2.26. The fraction of sp³-hybridized carbons (Fsp3) is 0.269. The van der Waals surface area contributed by atoms with Crippen LogP contribution in [0, 0.1) is 17.7 Å². The van der Waals surface area contributed by atoms with E-state index >= 15 is 0 Å². The van der Waals surface area contributed by atoms with Crippen molar-refractivity contribution in [1.29, 1.82) is 0 Å². The number of hydrogen-bond acceptors (Lipinski definition) is 5. The predicted octanol–water partition coefficient (Wildman–Crippen LogP) is 5.14. The van der Waals surface area contributed by atoms with Gasteiger partial charge in [0.25, 0.3) is 0 Å². The zero-order valence-electron chi connectivity index (χ0n) is 20.9. The van der Waals surface area contributed by atoms with Crippen LogP contribution < -0.4 is 9.62 Å². The molecule has 1 aromatic heterocycles. The third-order valence-corrected chi connectivity index (χ3v) is 6.65. The lowest BCUT2D eigenvalue weighted by Crippen LogP contribution is -2.35. The number of aryl methyl sites for hydroxylation is 1. The highest BCUT2D eigenvalue weighted by molar-refractivity contribution is 7.92. The van der Waals surface area contributed by atoms with Crippen LogP contribution in [0.2, 0.25) is 0 Å². The molecule has 1 amide bonds. The van der Waals surface area contributed by atoms with Crippen molar-refractivity contribution in [2.45, 2.75) is 31.1 Å². The lowest BCUT2D eigenvalue weighted by atomic mass is 9.88. The number of alkyl halides is 6. The number of carbonyl (C=O) groups excluding carboxylic acids is 1. The van der Waals surface area contributed by atoms with E-state index in [0.717, 1.165) is 23.3 Å². The molecule has 0 saturated heterocycles. The minimum absolute atomic E-state index is 0.0224. The number of benzene rings is 2. The Labute approximate surface area is 229 Å². The smallest absolute Gasteiger partial charge is 0.300 e. The largest absolute Gasteiger partial charge is 0.416 e. The summed E-state index contributed by atoms with van der Waals surface area (Å²) in [4.78, 5) is 14.7. The number of nitrogens with zero attached hydrogens (tertiary/aromatic N) is 3. The maximum atomic E-state index is 14.0. The molecule has 2 heterocycles. The molecule has 0 bridgehead atoms. The van der Waals surface area contributed by atoms with Gasteiger partial charge < -0.3 is 0 Å². The molecule has 216 valence electrons. The normalized spacial score (nSPS) is 16.0. The van der Waals surface area contributed by atoms with Crippen molar-refractivity contribution in [2.75, 3.05) is 22.4 Å². The molecule has 0 saturated carbocycles. The van der Waals surface area contributed by atoms with Crippen molar-refractivity contribution < 1.29 is 43.9 Å². The van der Waals surface area contributed by atoms with Gasteiger partial charge in [0.15, 0.2) is 5.82 Å². The van der Waals surface area contributed by atoms with E-state index in [2.05, 4.69) is 26.8 Å². The van der Waals surface area contributed by atoms with Crippen molar-refractivity contribution in [3.63, 3.8) is 0 Å². The monoisotopic (exact) mass is 600 g/mol. The SMILES string of the molecule is CS(=O)(=O)Nc1ccc(C#CCN2C(=O)C(c3ccc(C(F)(F)F)cc3C(F)(F)F)CCc3cc(F)ccc32)nn1. The first-order valence-corrected chi connectivity index (χ1v) is 13.6. The Bertz CT molecular complexity index is 1640. The van der Waals surface area contributed by atoms with Gasteiger partial charge in [0.05, 0.1) is 29.8 Å². The fourth-order valence-corrected chi connectivity index (χ4v) is 4.82. The molecular weight excluding hydrogens is 581 g/mol. The molecule has 7 nitrogen and oxygen atoms in total. The second kappa shape index (κ2) is 11.0. The summed E-state index contributed by atoms with van der Waals surface area (Å²) < 4.78 is 120. The van der Waals surface area contributed by atoms with E-state index in [0.29, 0.717) is 17.7 Å². The van der Waals surface area contributed by atoms with Crippen LogP contribution in [0.5, 0.6) is 0 Å². The molecule has 4 rings (SSSR count). The van der Waals surface area contributed by atoms with Crippen molar-refractivity contribution >= 4 is 27.4 Å². The van der Waals surface area contributed by atoms with Gasteiger partial charge in [-0.2, -0.15) is 26.3 Å². The van der Waals surface area contributed by atoms with Crippen molar-refractivity contribution in [1.82, 2.24) is 10.2 Å². The van der Waals surface area contributed by atoms with E-state index in [1.807, 2.05) is 0 Å². The molecule has 1 unspecified atom stereocenters. The third kappa shape index (κ3) is 7.12. The van der Waals surface area contributed by atoms with Gasteiger partial charge in [-0.1, -0.05) is 12.0 Å². The molecule has 0 fully saturated rings. The van der Waals surface area contributed by atoms with E-state index < -0.39 is 56.7 Å². The number of halogens is 7. The van der Waals surface area contributed by atoms with Gasteiger partial charge in [-0.15, -0.1) is 10.2 Å². The molecule has 0 radical (unpaired) electrons. The van der Waals surface area contributed by atoms with E-state index in [-0.39, 0.29) is 42.7 Å². The molecule has 1 aliphatic heterocycles. The summed E-state index contributed by atoms with van der Waals surface area (Å²) in [5, 5.41) is 7.41. The van der Waals surface area contributed by atoms with Crippen LogP contribution >= 0.6 is 0 Å². The fourth-order valence-electron chi connectivity index (χ4n) is 4.33. The van der Waals surface area contributed by atoms with Crippen LogP contribution in [0.15, 0.2) is 48.5 Å². The number of aromatic nitrogens is 2. The minimum atomic E-state index is -5.19. The molecule has 2 aromatic carbocycles. The average Bonchev–Trinajstić information content (AvgIpc) is 2.99. The quantitative estimate of drug-likeness (QED) is 0.331. The van der Waals surface area contributed by atoms with E-state index in [9.17, 15) is 43.9 Å². The molecule has 3 aromatic rings. The predicted molar refractivity (Wildman–Crippen MR) is 134 cm³/mol. The Kier molecular flexibility index (Phi) is 7.99. The first-order chi connectivity index (χ1) is 19.0. The zero-order valence-corrected chi connectivity index (χ0v) is 21.8. The summed E-state index contributed by atoms with van der Waals surface area (Å²) in [6, 6.07) is 7.19. The van der Waals surface area contributed by atoms with E-state index in [1.165, 1.54) is 18.2 Å². The van der Waals surface area contributed by atoms with E-state index in [1.54, 1.807) is 0 Å². The van der Waals surface area contributed by atoms with Gasteiger partial charge >= 0.3 is 12.4 Å². The van der Waals surface area contributed by atoms with Crippen LogP contribution in [-0.2, 0) is 33.6 Å². The Hall–Kier alpha value is -4.19.